The highest BCUT2D eigenvalue weighted by atomic mass is 16.5. The van der Waals surface area contributed by atoms with Crippen molar-refractivity contribution >= 4 is 11.8 Å². The fraction of sp³-hybridized carbons (Fsp3) is 0.167. The van der Waals surface area contributed by atoms with Crippen molar-refractivity contribution in [3.63, 3.8) is 0 Å². The van der Waals surface area contributed by atoms with E-state index in [0.717, 1.165) is 5.75 Å². The van der Waals surface area contributed by atoms with Gasteiger partial charge in [0.2, 0.25) is 0 Å². The van der Waals surface area contributed by atoms with Gasteiger partial charge in [-0.05, 0) is 48.5 Å². The predicted molar refractivity (Wildman–Crippen MR) is 118 cm³/mol. The summed E-state index contributed by atoms with van der Waals surface area (Å²) in [4.78, 5) is 24.8. The Labute approximate surface area is 186 Å². The van der Waals surface area contributed by atoms with Crippen molar-refractivity contribution in [3.05, 3.63) is 83.9 Å². The highest BCUT2D eigenvalue weighted by molar-refractivity contribution is 5.99. The van der Waals surface area contributed by atoms with Crippen LogP contribution < -0.4 is 29.8 Å². The molecule has 2 N–H and O–H groups in total. The predicted octanol–water partition coefficient (Wildman–Crippen LogP) is 3.24. The van der Waals surface area contributed by atoms with E-state index < -0.39 is 11.8 Å². The molecule has 3 aromatic rings. The summed E-state index contributed by atoms with van der Waals surface area (Å²) < 4.78 is 21.6. The second-order valence-electron chi connectivity index (χ2n) is 6.52. The molecular weight excluding hydrogens is 412 g/mol. The van der Waals surface area contributed by atoms with Gasteiger partial charge in [0, 0.05) is 11.1 Å². The first kappa shape index (κ1) is 22.5. The van der Waals surface area contributed by atoms with Crippen molar-refractivity contribution in [2.45, 2.75) is 0 Å². The third-order valence-electron chi connectivity index (χ3n) is 4.40. The van der Waals surface area contributed by atoms with E-state index >= 15 is 0 Å². The summed E-state index contributed by atoms with van der Waals surface area (Å²) in [5, 5.41) is 0. The fourth-order valence-electron chi connectivity index (χ4n) is 2.80. The standard InChI is InChI=1S/C24H24N2O6/c1-29-21-12-11-18(16-22(21)30-2)24(28)26-25-23(27)17-7-6-10-20(15-17)32-14-13-31-19-8-4-3-5-9-19/h3-12,15-16H,13-14H2,1-2H3,(H,25,27)(H,26,28). The minimum atomic E-state index is -0.496. The Balaban J connectivity index is 1.50. The Hall–Kier alpha value is -4.20. The maximum absolute atomic E-state index is 12.4. The average molecular weight is 436 g/mol. The molecule has 0 spiro atoms. The second-order valence-corrected chi connectivity index (χ2v) is 6.52. The molecule has 0 saturated carbocycles. The first-order chi connectivity index (χ1) is 15.6. The van der Waals surface area contributed by atoms with Gasteiger partial charge in [-0.25, -0.2) is 0 Å². The van der Waals surface area contributed by atoms with Crippen LogP contribution in [0.3, 0.4) is 0 Å². The molecule has 0 saturated heterocycles. The topological polar surface area (TPSA) is 95.1 Å². The summed E-state index contributed by atoms with van der Waals surface area (Å²) in [7, 11) is 2.98. The minimum absolute atomic E-state index is 0.304. The number of benzene rings is 3. The van der Waals surface area contributed by atoms with E-state index in [4.69, 9.17) is 18.9 Å². The lowest BCUT2D eigenvalue weighted by molar-refractivity contribution is 0.0846. The SMILES string of the molecule is COc1ccc(C(=O)NNC(=O)c2cccc(OCCOc3ccccc3)c2)cc1OC. The number of hydrogen-bond donors (Lipinski definition) is 2. The van der Waals surface area contributed by atoms with Crippen LogP contribution in [0.25, 0.3) is 0 Å². The zero-order valence-electron chi connectivity index (χ0n) is 17.8. The Bertz CT molecular complexity index is 1060. The first-order valence-corrected chi connectivity index (χ1v) is 9.84. The molecule has 0 heterocycles. The van der Waals surface area contributed by atoms with E-state index in [1.807, 2.05) is 30.3 Å². The fourth-order valence-corrected chi connectivity index (χ4v) is 2.80. The number of para-hydroxylation sites is 1. The van der Waals surface area contributed by atoms with E-state index in [1.165, 1.54) is 20.3 Å². The molecule has 8 heteroatoms. The zero-order chi connectivity index (χ0) is 22.8. The maximum Gasteiger partial charge on any atom is 0.269 e. The van der Waals surface area contributed by atoms with Crippen LogP contribution in [0.5, 0.6) is 23.0 Å². The monoisotopic (exact) mass is 436 g/mol. The Morgan fingerprint density at radius 2 is 1.25 bits per heavy atom. The van der Waals surface area contributed by atoms with E-state index in [9.17, 15) is 9.59 Å². The minimum Gasteiger partial charge on any atom is -0.493 e. The van der Waals surface area contributed by atoms with Gasteiger partial charge in [0.05, 0.1) is 14.2 Å². The van der Waals surface area contributed by atoms with Gasteiger partial charge in [0.25, 0.3) is 11.8 Å². The zero-order valence-corrected chi connectivity index (χ0v) is 17.8. The number of ether oxygens (including phenoxy) is 4. The van der Waals surface area contributed by atoms with Crippen molar-refractivity contribution in [3.8, 4) is 23.0 Å². The van der Waals surface area contributed by atoms with E-state index in [0.29, 0.717) is 41.6 Å². The van der Waals surface area contributed by atoms with Crippen molar-refractivity contribution < 1.29 is 28.5 Å². The summed E-state index contributed by atoms with van der Waals surface area (Å²) >= 11 is 0. The van der Waals surface area contributed by atoms with Gasteiger partial charge in [-0.1, -0.05) is 24.3 Å². The molecule has 3 rings (SSSR count). The van der Waals surface area contributed by atoms with Gasteiger partial charge < -0.3 is 18.9 Å². The second kappa shape index (κ2) is 11.3. The number of hydrazine groups is 1. The van der Waals surface area contributed by atoms with Gasteiger partial charge in [-0.15, -0.1) is 0 Å². The largest absolute Gasteiger partial charge is 0.493 e. The highest BCUT2D eigenvalue weighted by Gasteiger charge is 2.13. The quantitative estimate of drug-likeness (QED) is 0.395. The number of hydrogen-bond acceptors (Lipinski definition) is 6. The molecule has 166 valence electrons. The van der Waals surface area contributed by atoms with Crippen LogP contribution in [0.1, 0.15) is 20.7 Å². The third-order valence-corrected chi connectivity index (χ3v) is 4.40. The molecule has 3 aromatic carbocycles. The molecule has 0 bridgehead atoms. The average Bonchev–Trinajstić information content (AvgIpc) is 2.85. The lowest BCUT2D eigenvalue weighted by Crippen LogP contribution is -2.41. The third kappa shape index (κ3) is 6.15. The highest BCUT2D eigenvalue weighted by Crippen LogP contribution is 2.27. The molecule has 2 amide bonds. The molecular formula is C24H24N2O6. The summed E-state index contributed by atoms with van der Waals surface area (Å²) in [6.07, 6.45) is 0. The van der Waals surface area contributed by atoms with Crippen molar-refractivity contribution in [2.75, 3.05) is 27.4 Å². The summed E-state index contributed by atoms with van der Waals surface area (Å²) in [6.45, 7) is 0.678. The molecule has 0 atom stereocenters. The van der Waals surface area contributed by atoms with E-state index in [2.05, 4.69) is 10.9 Å². The van der Waals surface area contributed by atoms with Gasteiger partial charge in [-0.2, -0.15) is 0 Å². The van der Waals surface area contributed by atoms with Crippen LogP contribution in [0.4, 0.5) is 0 Å². The van der Waals surface area contributed by atoms with Gasteiger partial charge >= 0.3 is 0 Å². The summed E-state index contributed by atoms with van der Waals surface area (Å²) in [6, 6.07) is 20.7. The van der Waals surface area contributed by atoms with E-state index in [1.54, 1.807) is 36.4 Å². The Kier molecular flexibility index (Phi) is 7.91. The summed E-state index contributed by atoms with van der Waals surface area (Å²) in [5.41, 5.74) is 5.41. The molecule has 0 unspecified atom stereocenters. The smallest absolute Gasteiger partial charge is 0.269 e. The summed E-state index contributed by atoms with van der Waals surface area (Å²) in [5.74, 6) is 1.20. The lowest BCUT2D eigenvalue weighted by Gasteiger charge is -2.11. The van der Waals surface area contributed by atoms with Gasteiger partial charge in [0.1, 0.15) is 24.7 Å². The van der Waals surface area contributed by atoms with Gasteiger partial charge in [0.15, 0.2) is 11.5 Å². The van der Waals surface area contributed by atoms with Crippen LogP contribution in [0.2, 0.25) is 0 Å². The molecule has 32 heavy (non-hydrogen) atoms. The maximum atomic E-state index is 12.4. The van der Waals surface area contributed by atoms with E-state index in [-0.39, 0.29) is 0 Å². The Morgan fingerprint density at radius 3 is 1.91 bits per heavy atom. The van der Waals surface area contributed by atoms with Crippen LogP contribution in [0.15, 0.2) is 72.8 Å². The number of carbonyl (C=O) groups excluding carboxylic acids is 2. The number of carbonyl (C=O) groups is 2. The number of methoxy groups -OCH3 is 2. The van der Waals surface area contributed by atoms with Crippen molar-refractivity contribution in [2.24, 2.45) is 0 Å². The lowest BCUT2D eigenvalue weighted by atomic mass is 10.2. The molecule has 0 aliphatic rings. The molecule has 0 aromatic heterocycles. The van der Waals surface area contributed by atoms with Crippen LogP contribution in [0, 0.1) is 0 Å². The van der Waals surface area contributed by atoms with Crippen LogP contribution >= 0.6 is 0 Å². The molecule has 0 radical (unpaired) electrons. The normalized spacial score (nSPS) is 10.1. The van der Waals surface area contributed by atoms with Crippen LogP contribution in [-0.2, 0) is 0 Å². The van der Waals surface area contributed by atoms with Gasteiger partial charge in [-0.3, -0.25) is 20.4 Å². The molecule has 0 aliphatic carbocycles. The van der Waals surface area contributed by atoms with Crippen molar-refractivity contribution in [1.29, 1.82) is 0 Å². The Morgan fingerprint density at radius 1 is 0.656 bits per heavy atom. The number of rotatable bonds is 9. The molecule has 8 nitrogen and oxygen atoms in total. The molecule has 0 fully saturated rings. The van der Waals surface area contributed by atoms with Crippen LogP contribution in [-0.4, -0.2) is 39.2 Å². The first-order valence-electron chi connectivity index (χ1n) is 9.84. The number of nitrogens with one attached hydrogen (secondary N) is 2. The molecule has 0 aliphatic heterocycles. The van der Waals surface area contributed by atoms with Crippen molar-refractivity contribution in [1.82, 2.24) is 10.9 Å². The number of amides is 2.